The maximum Gasteiger partial charge on any atom is 0.410 e. The first-order chi connectivity index (χ1) is 26.6. The number of fused-ring (bicyclic) bond motifs is 3. The van der Waals surface area contributed by atoms with Crippen molar-refractivity contribution in [2.45, 2.75) is 120 Å². The lowest BCUT2D eigenvalue weighted by molar-refractivity contribution is -0.186. The first kappa shape index (κ1) is 40.3. The van der Waals surface area contributed by atoms with Crippen LogP contribution in [0.15, 0.2) is 36.4 Å². The van der Waals surface area contributed by atoms with Gasteiger partial charge in [0.05, 0.1) is 29.2 Å². The van der Waals surface area contributed by atoms with Crippen LogP contribution in [-0.4, -0.2) is 102 Å². The highest BCUT2D eigenvalue weighted by Gasteiger charge is 2.61. The monoisotopic (exact) mass is 804 g/mol. The maximum absolute atomic E-state index is 14.6. The van der Waals surface area contributed by atoms with Crippen LogP contribution in [0.4, 0.5) is 18.0 Å². The second kappa shape index (κ2) is 16.1. The van der Waals surface area contributed by atoms with Gasteiger partial charge in [-0.05, 0) is 74.8 Å². The van der Waals surface area contributed by atoms with Gasteiger partial charge in [-0.2, -0.15) is 13.2 Å². The number of amides is 4. The summed E-state index contributed by atoms with van der Waals surface area (Å²) < 4.78 is 73.9. The van der Waals surface area contributed by atoms with Crippen molar-refractivity contribution in [3.05, 3.63) is 47.5 Å². The topological polar surface area (TPSA) is 150 Å². The van der Waals surface area contributed by atoms with Crippen LogP contribution in [0, 0.1) is 23.2 Å². The van der Waals surface area contributed by atoms with Crippen molar-refractivity contribution in [2.75, 3.05) is 26.2 Å². The number of carbonyl (C=O) groups excluding carboxylic acids is 5. The maximum atomic E-state index is 14.6. The summed E-state index contributed by atoms with van der Waals surface area (Å²) in [6.07, 6.45) is 1.84. The number of alkyl halides is 3. The zero-order chi connectivity index (χ0) is 39.8. The number of benzene rings is 1. The molecule has 7 rings (SSSR count). The van der Waals surface area contributed by atoms with E-state index in [1.54, 1.807) is 4.90 Å². The summed E-state index contributed by atoms with van der Waals surface area (Å²) in [5, 5.41) is -0.643. The van der Waals surface area contributed by atoms with Gasteiger partial charge in [-0.3, -0.25) is 23.9 Å². The molecule has 4 heterocycles. The molecule has 1 aromatic carbocycles. The summed E-state index contributed by atoms with van der Waals surface area (Å²) in [6.45, 7) is 0.511. The Morgan fingerprint density at radius 1 is 0.929 bits per heavy atom. The minimum absolute atomic E-state index is 0.0368. The molecule has 4 fully saturated rings. The summed E-state index contributed by atoms with van der Waals surface area (Å²) in [4.78, 5) is 74.2. The number of nitrogens with one attached hydrogen (secondary N) is 1. The Morgan fingerprint density at radius 3 is 2.38 bits per heavy atom. The standard InChI is InChI=1S/C40H51F3N4O8S/c41-40(42,43)29-15-18-45(19-16-29)35(49)20-27-9-4-2-1-3-5-11-30-22-39(30,37(51)44-56(53,54)32-12-13-32)23-34(48)33-21-31(25-47(33)36(27)50)55-38(52)46-17-14-26-8-6-7-10-28(26)24-46/h5-8,10-11,27,29-33H,1-4,9,12-25H2,(H,44,51)/b11-5-/t27-,30-,31-,33+,39-/m1/s1. The van der Waals surface area contributed by atoms with Gasteiger partial charge in [0.25, 0.3) is 0 Å². The Morgan fingerprint density at radius 2 is 1.66 bits per heavy atom. The van der Waals surface area contributed by atoms with Crippen LogP contribution < -0.4 is 4.72 Å². The molecule has 4 aliphatic heterocycles. The van der Waals surface area contributed by atoms with Crippen LogP contribution in [0.2, 0.25) is 0 Å². The van der Waals surface area contributed by atoms with Crippen LogP contribution in [0.1, 0.15) is 94.6 Å². The van der Waals surface area contributed by atoms with Crippen molar-refractivity contribution < 1.29 is 50.3 Å². The molecular formula is C40H51F3N4O8S. The number of halogens is 3. The number of sulfonamides is 1. The van der Waals surface area contributed by atoms with Crippen molar-refractivity contribution in [1.82, 2.24) is 19.4 Å². The molecule has 5 atom stereocenters. The summed E-state index contributed by atoms with van der Waals surface area (Å²) in [5.74, 6) is -4.84. The molecule has 2 saturated carbocycles. The van der Waals surface area contributed by atoms with E-state index < -0.39 is 80.4 Å². The molecule has 4 amide bonds. The summed E-state index contributed by atoms with van der Waals surface area (Å²) in [6, 6.07) is 6.69. The lowest BCUT2D eigenvalue weighted by Crippen LogP contribution is -2.47. The van der Waals surface area contributed by atoms with Crippen LogP contribution in [-0.2, 0) is 46.9 Å². The summed E-state index contributed by atoms with van der Waals surface area (Å²) in [5.41, 5.74) is 0.815. The van der Waals surface area contributed by atoms with E-state index in [9.17, 15) is 45.6 Å². The highest BCUT2D eigenvalue weighted by molar-refractivity contribution is 7.90. The number of ketones is 1. The molecule has 0 bridgehead atoms. The first-order valence-corrected chi connectivity index (χ1v) is 21.6. The number of nitrogens with zero attached hydrogens (tertiary/aromatic N) is 3. The minimum atomic E-state index is -4.34. The molecule has 0 radical (unpaired) electrons. The molecule has 1 N–H and O–H groups in total. The van der Waals surface area contributed by atoms with Crippen LogP contribution in [0.5, 0.6) is 0 Å². The third kappa shape index (κ3) is 8.94. The van der Waals surface area contributed by atoms with E-state index >= 15 is 0 Å². The van der Waals surface area contributed by atoms with Crippen molar-refractivity contribution >= 4 is 39.6 Å². The number of ether oxygens (including phenoxy) is 1. The summed E-state index contributed by atoms with van der Waals surface area (Å²) >= 11 is 0. The number of rotatable bonds is 6. The molecule has 0 spiro atoms. The lowest BCUT2D eigenvalue weighted by Gasteiger charge is -2.34. The molecule has 12 nitrogen and oxygen atoms in total. The Hall–Kier alpha value is -3.95. The number of allylic oxidation sites excluding steroid dienone is 2. The summed E-state index contributed by atoms with van der Waals surface area (Å²) in [7, 11) is -3.90. The smallest absolute Gasteiger partial charge is 0.410 e. The molecule has 56 heavy (non-hydrogen) atoms. The van der Waals surface area contributed by atoms with E-state index in [1.165, 1.54) is 9.80 Å². The number of piperidine rings is 1. The van der Waals surface area contributed by atoms with E-state index in [0.717, 1.165) is 24.0 Å². The zero-order valence-electron chi connectivity index (χ0n) is 31.5. The highest BCUT2D eigenvalue weighted by atomic mass is 32.2. The van der Waals surface area contributed by atoms with Gasteiger partial charge in [0.2, 0.25) is 27.7 Å². The lowest BCUT2D eigenvalue weighted by atomic mass is 9.90. The quantitative estimate of drug-likeness (QED) is 0.393. The molecule has 6 aliphatic rings. The molecule has 1 aromatic rings. The molecule has 0 aromatic heterocycles. The van der Waals surface area contributed by atoms with E-state index in [1.807, 2.05) is 36.4 Å². The molecule has 2 aliphatic carbocycles. The van der Waals surface area contributed by atoms with Crippen molar-refractivity contribution in [3.8, 4) is 0 Å². The Balaban J connectivity index is 1.11. The SMILES string of the molecule is O=C1C[C@]2(C(=O)NS(=O)(=O)C3CC3)C[C@H]2/C=C\CCCCC[C@H](CC(=O)N2CCC(C(F)(F)F)CC2)C(=O)N2C[C@H](OC(=O)N3CCc4ccccc4C3)C[C@@H]12. The second-order valence-electron chi connectivity index (χ2n) is 16.6. The van der Waals surface area contributed by atoms with Crippen LogP contribution in [0.25, 0.3) is 0 Å². The predicted octanol–water partition coefficient (Wildman–Crippen LogP) is 5.05. The van der Waals surface area contributed by atoms with Crippen LogP contribution in [0.3, 0.4) is 0 Å². The number of Topliss-reactive ketones (excluding diaryl/α,β-unsaturated/α-hetero) is 1. The molecule has 16 heteroatoms. The molecular weight excluding hydrogens is 754 g/mol. The van der Waals surface area contributed by atoms with Gasteiger partial charge < -0.3 is 19.4 Å². The van der Waals surface area contributed by atoms with E-state index in [-0.39, 0.29) is 64.1 Å². The average Bonchev–Trinajstić information content (AvgIpc) is 4.10. The first-order valence-electron chi connectivity index (χ1n) is 20.1. The van der Waals surface area contributed by atoms with Gasteiger partial charge in [-0.1, -0.05) is 49.3 Å². The van der Waals surface area contributed by atoms with Crippen molar-refractivity contribution in [1.29, 1.82) is 0 Å². The van der Waals surface area contributed by atoms with Crippen molar-refractivity contribution in [3.63, 3.8) is 0 Å². The van der Waals surface area contributed by atoms with Gasteiger partial charge in [0.15, 0.2) is 5.78 Å². The van der Waals surface area contributed by atoms with Gasteiger partial charge in [0.1, 0.15) is 6.10 Å². The largest absolute Gasteiger partial charge is 0.444 e. The fourth-order valence-corrected chi connectivity index (χ4v) is 10.4. The van der Waals surface area contributed by atoms with Gasteiger partial charge in [0, 0.05) is 51.4 Å². The van der Waals surface area contributed by atoms with E-state index in [4.69, 9.17) is 4.74 Å². The third-order valence-electron chi connectivity index (χ3n) is 12.7. The highest BCUT2D eigenvalue weighted by Crippen LogP contribution is 2.57. The Kier molecular flexibility index (Phi) is 11.6. The normalized spacial score (nSPS) is 29.9. The predicted molar refractivity (Wildman–Crippen MR) is 197 cm³/mol. The number of likely N-dealkylation sites (tertiary alicyclic amines) is 1. The zero-order valence-corrected chi connectivity index (χ0v) is 32.3. The minimum Gasteiger partial charge on any atom is -0.444 e. The van der Waals surface area contributed by atoms with Crippen molar-refractivity contribution in [2.24, 2.45) is 23.2 Å². The molecule has 306 valence electrons. The fraction of sp³-hybridized carbons (Fsp3) is 0.675. The Labute approximate surface area is 325 Å². The fourth-order valence-electron chi connectivity index (χ4n) is 8.99. The van der Waals surface area contributed by atoms with Crippen LogP contribution >= 0.6 is 0 Å². The van der Waals surface area contributed by atoms with Gasteiger partial charge >= 0.3 is 12.3 Å². The van der Waals surface area contributed by atoms with E-state index in [2.05, 4.69) is 4.72 Å². The van der Waals surface area contributed by atoms with E-state index in [0.29, 0.717) is 51.6 Å². The molecule has 2 saturated heterocycles. The Bertz CT molecular complexity index is 1840. The van der Waals surface area contributed by atoms with Gasteiger partial charge in [-0.25, -0.2) is 13.2 Å². The average molecular weight is 805 g/mol. The third-order valence-corrected chi connectivity index (χ3v) is 14.5. The number of carbonyl (C=O) groups is 5. The number of hydrogen-bond acceptors (Lipinski definition) is 8. The molecule has 0 unspecified atom stereocenters. The van der Waals surface area contributed by atoms with Gasteiger partial charge in [-0.15, -0.1) is 0 Å². The number of hydrogen-bond donors (Lipinski definition) is 1. The second-order valence-corrected chi connectivity index (χ2v) is 18.6.